The molecule has 1 atom stereocenters. The quantitative estimate of drug-likeness (QED) is 0.692. The molecule has 0 bridgehead atoms. The molecular formula is C12H21N3O3. The third kappa shape index (κ3) is 3.29. The predicted octanol–water partition coefficient (Wildman–Crippen LogP) is 1.61. The molecule has 18 heavy (non-hydrogen) atoms. The Balaban J connectivity index is 3.02. The molecule has 0 aliphatic carbocycles. The molecule has 1 aromatic heterocycles. The normalized spacial score (nSPS) is 12.4. The lowest BCUT2D eigenvalue weighted by Gasteiger charge is -2.13. The van der Waals surface area contributed by atoms with Crippen molar-refractivity contribution in [1.82, 2.24) is 15.0 Å². The van der Waals surface area contributed by atoms with E-state index in [4.69, 9.17) is 9.47 Å². The Labute approximate surface area is 107 Å². The summed E-state index contributed by atoms with van der Waals surface area (Å²) in [7, 11) is 2.97. The molecule has 1 aromatic rings. The zero-order valence-corrected chi connectivity index (χ0v) is 11.5. The van der Waals surface area contributed by atoms with E-state index in [2.05, 4.69) is 24.2 Å². The van der Waals surface area contributed by atoms with E-state index in [1.54, 1.807) is 11.8 Å². The Kier molecular flexibility index (Phi) is 5.77. The molecule has 1 rings (SSSR count). The van der Waals surface area contributed by atoms with Gasteiger partial charge in [-0.25, -0.2) is 9.48 Å². The Hall–Kier alpha value is -1.43. The van der Waals surface area contributed by atoms with Crippen molar-refractivity contribution >= 4 is 5.97 Å². The van der Waals surface area contributed by atoms with E-state index >= 15 is 0 Å². The van der Waals surface area contributed by atoms with Gasteiger partial charge in [0.05, 0.1) is 25.5 Å². The van der Waals surface area contributed by atoms with E-state index in [-0.39, 0.29) is 11.7 Å². The van der Waals surface area contributed by atoms with Crippen molar-refractivity contribution in [2.75, 3.05) is 20.8 Å². The van der Waals surface area contributed by atoms with Crippen LogP contribution in [0.15, 0.2) is 0 Å². The van der Waals surface area contributed by atoms with E-state index in [1.165, 1.54) is 7.11 Å². The van der Waals surface area contributed by atoms with Gasteiger partial charge in [-0.15, -0.1) is 5.10 Å². The number of methoxy groups -OCH3 is 2. The number of nitrogens with zero attached hydrogens (tertiary/aromatic N) is 3. The summed E-state index contributed by atoms with van der Waals surface area (Å²) in [5.74, 6) is -0.448. The summed E-state index contributed by atoms with van der Waals surface area (Å²) in [6.07, 6.45) is 2.64. The van der Waals surface area contributed by atoms with E-state index < -0.39 is 5.97 Å². The zero-order valence-electron chi connectivity index (χ0n) is 11.5. The van der Waals surface area contributed by atoms with Gasteiger partial charge in [0.1, 0.15) is 0 Å². The number of ether oxygens (including phenoxy) is 2. The van der Waals surface area contributed by atoms with Crippen LogP contribution in [-0.2, 0) is 15.9 Å². The van der Waals surface area contributed by atoms with Crippen LogP contribution >= 0.6 is 0 Å². The molecule has 0 aliphatic heterocycles. The van der Waals surface area contributed by atoms with Crippen molar-refractivity contribution in [1.29, 1.82) is 0 Å². The summed E-state index contributed by atoms with van der Waals surface area (Å²) in [5.41, 5.74) is 1.07. The first kappa shape index (κ1) is 14.6. The Morgan fingerprint density at radius 1 is 1.44 bits per heavy atom. The lowest BCUT2D eigenvalue weighted by atomic mass is 10.1. The van der Waals surface area contributed by atoms with Gasteiger partial charge in [0.15, 0.2) is 5.69 Å². The topological polar surface area (TPSA) is 66.2 Å². The van der Waals surface area contributed by atoms with Crippen molar-refractivity contribution in [2.24, 2.45) is 0 Å². The molecule has 1 heterocycles. The molecule has 0 fully saturated rings. The molecule has 6 nitrogen and oxygen atoms in total. The van der Waals surface area contributed by atoms with Gasteiger partial charge in [-0.1, -0.05) is 18.6 Å². The fraction of sp³-hybridized carbons (Fsp3) is 0.750. The molecule has 102 valence electrons. The second kappa shape index (κ2) is 7.10. The number of carbonyl (C=O) groups is 1. The van der Waals surface area contributed by atoms with E-state index in [9.17, 15) is 4.79 Å². The molecule has 0 aromatic carbocycles. The molecule has 0 aliphatic rings. The fourth-order valence-corrected chi connectivity index (χ4v) is 1.89. The highest BCUT2D eigenvalue weighted by Crippen LogP contribution is 2.17. The number of rotatable bonds is 7. The largest absolute Gasteiger partial charge is 0.464 e. The predicted molar refractivity (Wildman–Crippen MR) is 66.6 cm³/mol. The maximum Gasteiger partial charge on any atom is 0.360 e. The lowest BCUT2D eigenvalue weighted by Crippen LogP contribution is -2.15. The standard InChI is InChI=1S/C12H21N3O3/c1-5-6-9(2)15-10(7-8-17-3)11(13-14-15)12(16)18-4/h9H,5-8H2,1-4H3. The van der Waals surface area contributed by atoms with Crippen LogP contribution < -0.4 is 0 Å². The molecule has 0 saturated heterocycles. The highest BCUT2D eigenvalue weighted by molar-refractivity contribution is 5.88. The Morgan fingerprint density at radius 2 is 2.17 bits per heavy atom. The fourth-order valence-electron chi connectivity index (χ4n) is 1.89. The van der Waals surface area contributed by atoms with Crippen LogP contribution in [-0.4, -0.2) is 41.8 Å². The first-order valence-electron chi connectivity index (χ1n) is 6.17. The maximum absolute atomic E-state index is 11.6. The highest BCUT2D eigenvalue weighted by atomic mass is 16.5. The third-order valence-electron chi connectivity index (χ3n) is 2.84. The number of hydrogen-bond acceptors (Lipinski definition) is 5. The van der Waals surface area contributed by atoms with Crippen LogP contribution in [0.5, 0.6) is 0 Å². The smallest absolute Gasteiger partial charge is 0.360 e. The summed E-state index contributed by atoms with van der Waals surface area (Å²) >= 11 is 0. The number of aromatic nitrogens is 3. The molecule has 0 saturated carbocycles. The average molecular weight is 255 g/mol. The first-order chi connectivity index (χ1) is 8.65. The van der Waals surface area contributed by atoms with Gasteiger partial charge < -0.3 is 9.47 Å². The van der Waals surface area contributed by atoms with Crippen LogP contribution in [0.25, 0.3) is 0 Å². The van der Waals surface area contributed by atoms with Gasteiger partial charge in [0.25, 0.3) is 0 Å². The van der Waals surface area contributed by atoms with Crippen molar-refractivity contribution in [3.8, 4) is 0 Å². The van der Waals surface area contributed by atoms with E-state index in [0.29, 0.717) is 13.0 Å². The molecule has 0 amide bonds. The summed E-state index contributed by atoms with van der Waals surface area (Å²) in [6.45, 7) is 4.70. The van der Waals surface area contributed by atoms with E-state index in [1.807, 2.05) is 0 Å². The van der Waals surface area contributed by atoms with Crippen molar-refractivity contribution in [2.45, 2.75) is 39.2 Å². The van der Waals surface area contributed by atoms with Gasteiger partial charge in [0.2, 0.25) is 0 Å². The number of hydrogen-bond donors (Lipinski definition) is 0. The Morgan fingerprint density at radius 3 is 2.72 bits per heavy atom. The van der Waals surface area contributed by atoms with E-state index in [0.717, 1.165) is 18.5 Å². The summed E-state index contributed by atoms with van der Waals surface area (Å²) in [5, 5.41) is 7.99. The number of esters is 1. The average Bonchev–Trinajstić information content (AvgIpc) is 2.79. The third-order valence-corrected chi connectivity index (χ3v) is 2.84. The molecular weight excluding hydrogens is 234 g/mol. The minimum Gasteiger partial charge on any atom is -0.464 e. The van der Waals surface area contributed by atoms with Crippen molar-refractivity contribution < 1.29 is 14.3 Å². The van der Waals surface area contributed by atoms with Gasteiger partial charge in [-0.2, -0.15) is 0 Å². The number of carbonyl (C=O) groups excluding carboxylic acids is 1. The van der Waals surface area contributed by atoms with Crippen LogP contribution in [0.3, 0.4) is 0 Å². The zero-order chi connectivity index (χ0) is 13.5. The van der Waals surface area contributed by atoms with Gasteiger partial charge >= 0.3 is 5.97 Å². The minimum atomic E-state index is -0.448. The van der Waals surface area contributed by atoms with Crippen LogP contribution in [0.1, 0.15) is 48.9 Å². The first-order valence-corrected chi connectivity index (χ1v) is 6.17. The molecule has 0 radical (unpaired) electrons. The van der Waals surface area contributed by atoms with Gasteiger partial charge in [-0.3, -0.25) is 0 Å². The van der Waals surface area contributed by atoms with Crippen molar-refractivity contribution in [3.05, 3.63) is 11.4 Å². The molecule has 1 unspecified atom stereocenters. The monoisotopic (exact) mass is 255 g/mol. The lowest BCUT2D eigenvalue weighted by molar-refractivity contribution is 0.0592. The minimum absolute atomic E-state index is 0.216. The van der Waals surface area contributed by atoms with Crippen molar-refractivity contribution in [3.63, 3.8) is 0 Å². The van der Waals surface area contributed by atoms with Crippen LogP contribution in [0.2, 0.25) is 0 Å². The molecule has 6 heteroatoms. The summed E-state index contributed by atoms with van der Waals surface area (Å²) in [6, 6.07) is 0.216. The van der Waals surface area contributed by atoms with Crippen LogP contribution in [0, 0.1) is 0 Å². The SMILES string of the molecule is CCCC(C)n1nnc(C(=O)OC)c1CCOC. The van der Waals surface area contributed by atoms with Gasteiger partial charge in [-0.05, 0) is 13.3 Å². The van der Waals surface area contributed by atoms with Crippen LogP contribution in [0.4, 0.5) is 0 Å². The highest BCUT2D eigenvalue weighted by Gasteiger charge is 2.22. The summed E-state index contributed by atoms with van der Waals surface area (Å²) < 4.78 is 11.6. The maximum atomic E-state index is 11.6. The summed E-state index contributed by atoms with van der Waals surface area (Å²) in [4.78, 5) is 11.6. The molecule has 0 spiro atoms. The second-order valence-corrected chi connectivity index (χ2v) is 4.20. The Bertz CT molecular complexity index is 390. The van der Waals surface area contributed by atoms with Gasteiger partial charge in [0, 0.05) is 13.5 Å². The second-order valence-electron chi connectivity index (χ2n) is 4.20. The molecule has 0 N–H and O–H groups in total.